The minimum Gasteiger partial charge on any atom is -0.481 e. The number of carbonyl (C=O) groups is 3. The fourth-order valence-electron chi connectivity index (χ4n) is 9.65. The lowest BCUT2D eigenvalue weighted by molar-refractivity contribution is -0.202. The maximum Gasteiger partial charge on any atom is 0.305 e. The van der Waals surface area contributed by atoms with Gasteiger partial charge in [-0.3, -0.25) is 14.4 Å². The van der Waals surface area contributed by atoms with E-state index in [9.17, 15) is 24.6 Å². The second kappa shape index (κ2) is 12.8. The highest BCUT2D eigenvalue weighted by Crippen LogP contribution is 2.68. The van der Waals surface area contributed by atoms with Crippen molar-refractivity contribution in [3.8, 4) is 0 Å². The Morgan fingerprint density at radius 3 is 2.38 bits per heavy atom. The Hall–Kier alpha value is -1.42. The number of fused-ring (bicyclic) bond motifs is 5. The Labute approximate surface area is 244 Å². The quantitative estimate of drug-likeness (QED) is 0.257. The summed E-state index contributed by atoms with van der Waals surface area (Å²) in [6.45, 7) is 6.75. The van der Waals surface area contributed by atoms with Crippen LogP contribution >= 0.6 is 12.4 Å². The highest BCUT2D eigenvalue weighted by Gasteiger charge is 2.65. The maximum atomic E-state index is 12.6. The molecule has 4 rings (SSSR count). The van der Waals surface area contributed by atoms with Crippen LogP contribution in [0.2, 0.25) is 0 Å². The lowest BCUT2D eigenvalue weighted by Gasteiger charge is -2.63. The molecule has 0 radical (unpaired) electrons. The van der Waals surface area contributed by atoms with Gasteiger partial charge >= 0.3 is 11.9 Å². The average molecular weight is 587 g/mol. The minimum atomic E-state index is -0.965. The standard InChI is InChI=1S/C30H50N2O7.ClH/c1-16(5-10-26(37)39-4)19-6-7-20-27-21(15-24(34)30(19,20)3)29(2)12-11-18(13-17(29)14-23(27)33)32-28(38)22(31)8-9-25(35)36;/h16-24,27,33-34H,5-15,31H2,1-4H3,(H,32,38)(H,35,36);1H/t16-,17+,18+,19-,20+,21+,22+,23-,24+,27+,29+,30-;/m1./s1. The number of ether oxygens (including phenoxy) is 1. The van der Waals surface area contributed by atoms with Gasteiger partial charge < -0.3 is 31.1 Å². The molecule has 0 saturated heterocycles. The van der Waals surface area contributed by atoms with Gasteiger partial charge in [0.1, 0.15) is 0 Å². The fourth-order valence-corrected chi connectivity index (χ4v) is 9.65. The van der Waals surface area contributed by atoms with Gasteiger partial charge in [0.05, 0.1) is 25.4 Å². The van der Waals surface area contributed by atoms with Crippen LogP contribution in [0.4, 0.5) is 0 Å². The van der Waals surface area contributed by atoms with E-state index in [1.54, 1.807) is 0 Å². The third-order valence-electron chi connectivity index (χ3n) is 11.9. The van der Waals surface area contributed by atoms with Crippen LogP contribution in [0.1, 0.15) is 91.4 Å². The van der Waals surface area contributed by atoms with Crippen LogP contribution in [0.5, 0.6) is 0 Å². The zero-order chi connectivity index (χ0) is 28.7. The summed E-state index contributed by atoms with van der Waals surface area (Å²) in [7, 11) is 1.42. The number of carbonyl (C=O) groups excluding carboxylic acids is 2. The Morgan fingerprint density at radius 2 is 1.73 bits per heavy atom. The molecule has 0 aliphatic heterocycles. The molecule has 40 heavy (non-hydrogen) atoms. The summed E-state index contributed by atoms with van der Waals surface area (Å²) < 4.78 is 4.85. The fraction of sp³-hybridized carbons (Fsp3) is 0.900. The zero-order valence-corrected chi connectivity index (χ0v) is 25.3. The first kappa shape index (κ1) is 33.1. The van der Waals surface area contributed by atoms with Gasteiger partial charge in [0.2, 0.25) is 5.91 Å². The Kier molecular flexibility index (Phi) is 10.6. The van der Waals surface area contributed by atoms with Crippen molar-refractivity contribution in [2.75, 3.05) is 7.11 Å². The predicted octanol–water partition coefficient (Wildman–Crippen LogP) is 3.27. The second-order valence-electron chi connectivity index (χ2n) is 13.7. The monoisotopic (exact) mass is 586 g/mol. The number of hydrogen-bond donors (Lipinski definition) is 5. The van der Waals surface area contributed by atoms with Gasteiger partial charge in [-0.05, 0) is 104 Å². The molecule has 0 aromatic carbocycles. The number of aliphatic hydroxyl groups is 2. The lowest BCUT2D eigenvalue weighted by Crippen LogP contribution is -2.63. The number of esters is 1. The molecule has 9 nitrogen and oxygen atoms in total. The van der Waals surface area contributed by atoms with Crippen LogP contribution in [-0.4, -0.2) is 64.6 Å². The molecule has 0 heterocycles. The number of hydrogen-bond acceptors (Lipinski definition) is 7. The van der Waals surface area contributed by atoms with Gasteiger partial charge in [-0.1, -0.05) is 20.8 Å². The molecule has 0 aromatic rings. The number of carboxylic acids is 1. The molecular formula is C30H51ClN2O7. The van der Waals surface area contributed by atoms with Gasteiger partial charge in [0.15, 0.2) is 0 Å². The topological polar surface area (TPSA) is 159 Å². The molecule has 4 aliphatic carbocycles. The highest BCUT2D eigenvalue weighted by atomic mass is 35.5. The molecule has 6 N–H and O–H groups in total. The van der Waals surface area contributed by atoms with Crippen molar-refractivity contribution in [1.29, 1.82) is 0 Å². The third-order valence-corrected chi connectivity index (χ3v) is 11.9. The van der Waals surface area contributed by atoms with E-state index in [0.29, 0.717) is 25.2 Å². The molecule has 0 unspecified atom stereocenters. The van der Waals surface area contributed by atoms with Gasteiger partial charge in [0.25, 0.3) is 0 Å². The zero-order valence-electron chi connectivity index (χ0n) is 24.5. The smallest absolute Gasteiger partial charge is 0.305 e. The van der Waals surface area contributed by atoms with Crippen molar-refractivity contribution < 1.29 is 34.4 Å². The summed E-state index contributed by atoms with van der Waals surface area (Å²) in [6, 6.07) is -0.882. The van der Waals surface area contributed by atoms with Crippen LogP contribution in [0, 0.1) is 46.3 Å². The van der Waals surface area contributed by atoms with Gasteiger partial charge in [-0.25, -0.2) is 0 Å². The number of carboxylic acid groups (broad SMARTS) is 1. The highest BCUT2D eigenvalue weighted by molar-refractivity contribution is 5.85. The van der Waals surface area contributed by atoms with E-state index in [-0.39, 0.29) is 83.6 Å². The van der Waals surface area contributed by atoms with Crippen molar-refractivity contribution in [3.63, 3.8) is 0 Å². The SMILES string of the molecule is COC(=O)CC[C@@H](C)[C@H]1CC[C@H]2[C@@H]3[C@H](O)C[C@@H]4C[C@@H](NC(=O)[C@@H](N)CCC(=O)O)CC[C@]4(C)[C@H]3C[C@H](O)[C@]12C.Cl. The maximum absolute atomic E-state index is 12.6. The number of rotatable bonds is 9. The molecule has 12 atom stereocenters. The molecule has 4 fully saturated rings. The number of aliphatic carboxylic acids is 1. The number of nitrogens with one attached hydrogen (secondary N) is 1. The first-order chi connectivity index (χ1) is 18.3. The molecule has 1 amide bonds. The molecular weight excluding hydrogens is 536 g/mol. The summed E-state index contributed by atoms with van der Waals surface area (Å²) in [5, 5.41) is 35.3. The van der Waals surface area contributed by atoms with E-state index in [1.165, 1.54) is 7.11 Å². The molecule has 0 spiro atoms. The van der Waals surface area contributed by atoms with Crippen molar-refractivity contribution in [2.45, 2.75) is 116 Å². The first-order valence-electron chi connectivity index (χ1n) is 15.0. The Balaban J connectivity index is 0.00000441. The summed E-state index contributed by atoms with van der Waals surface area (Å²) in [5.41, 5.74) is 5.63. The number of methoxy groups -OCH3 is 1. The molecule has 4 saturated carbocycles. The molecule has 0 bridgehead atoms. The Bertz CT molecular complexity index is 936. The van der Waals surface area contributed by atoms with E-state index < -0.39 is 24.2 Å². The van der Waals surface area contributed by atoms with E-state index in [2.05, 4.69) is 26.1 Å². The minimum absolute atomic E-state index is 0. The second-order valence-corrected chi connectivity index (χ2v) is 13.7. The van der Waals surface area contributed by atoms with Gasteiger partial charge in [0, 0.05) is 18.9 Å². The van der Waals surface area contributed by atoms with E-state index in [0.717, 1.165) is 38.5 Å². The van der Waals surface area contributed by atoms with Crippen molar-refractivity contribution in [3.05, 3.63) is 0 Å². The number of halogens is 1. The van der Waals surface area contributed by atoms with Crippen LogP contribution < -0.4 is 11.1 Å². The summed E-state index contributed by atoms with van der Waals surface area (Å²) in [6.07, 6.45) is 6.08. The van der Waals surface area contributed by atoms with Crippen LogP contribution in [-0.2, 0) is 19.1 Å². The van der Waals surface area contributed by atoms with E-state index >= 15 is 0 Å². The normalized spacial score (nSPS) is 41.8. The number of nitrogens with two attached hydrogens (primary N) is 1. The number of aliphatic hydroxyl groups excluding tert-OH is 2. The molecule has 0 aromatic heterocycles. The largest absolute Gasteiger partial charge is 0.481 e. The average Bonchev–Trinajstić information content (AvgIpc) is 3.25. The van der Waals surface area contributed by atoms with Crippen molar-refractivity contribution in [1.82, 2.24) is 5.32 Å². The lowest BCUT2D eigenvalue weighted by atomic mass is 9.43. The summed E-state index contributed by atoms with van der Waals surface area (Å²) in [4.78, 5) is 35.2. The van der Waals surface area contributed by atoms with Gasteiger partial charge in [-0.15, -0.1) is 12.4 Å². The van der Waals surface area contributed by atoms with Gasteiger partial charge in [-0.2, -0.15) is 0 Å². The van der Waals surface area contributed by atoms with Crippen LogP contribution in [0.25, 0.3) is 0 Å². The van der Waals surface area contributed by atoms with Crippen LogP contribution in [0.3, 0.4) is 0 Å². The molecule has 10 heteroatoms. The number of amides is 1. The predicted molar refractivity (Wildman–Crippen MR) is 152 cm³/mol. The summed E-state index contributed by atoms with van der Waals surface area (Å²) in [5.74, 6) is -0.0291. The summed E-state index contributed by atoms with van der Waals surface area (Å²) >= 11 is 0. The molecule has 4 aliphatic rings. The first-order valence-corrected chi connectivity index (χ1v) is 15.0. The third kappa shape index (κ3) is 6.04. The Morgan fingerprint density at radius 1 is 1.02 bits per heavy atom. The van der Waals surface area contributed by atoms with Crippen molar-refractivity contribution in [2.24, 2.45) is 52.1 Å². The van der Waals surface area contributed by atoms with E-state index in [4.69, 9.17) is 15.6 Å². The van der Waals surface area contributed by atoms with Crippen LogP contribution in [0.15, 0.2) is 0 Å². The molecule has 230 valence electrons. The van der Waals surface area contributed by atoms with Crippen molar-refractivity contribution >= 4 is 30.3 Å². The van der Waals surface area contributed by atoms with E-state index in [1.807, 2.05) is 0 Å².